The van der Waals surface area contributed by atoms with Crippen LogP contribution >= 0.6 is 11.3 Å². The second kappa shape index (κ2) is 5.58. The van der Waals surface area contributed by atoms with Gasteiger partial charge in [-0.2, -0.15) is 0 Å². The lowest BCUT2D eigenvalue weighted by Crippen LogP contribution is -2.45. The molecule has 0 unspecified atom stereocenters. The van der Waals surface area contributed by atoms with E-state index in [0.717, 1.165) is 5.71 Å². The predicted molar refractivity (Wildman–Crippen MR) is 73.0 cm³/mol. The maximum atomic E-state index is 12.0. The van der Waals surface area contributed by atoms with E-state index in [-0.39, 0.29) is 11.6 Å². The van der Waals surface area contributed by atoms with Crippen molar-refractivity contribution in [1.82, 2.24) is 10.3 Å². The van der Waals surface area contributed by atoms with Crippen LogP contribution in [0.5, 0.6) is 0 Å². The van der Waals surface area contributed by atoms with Gasteiger partial charge in [-0.25, -0.2) is 9.78 Å². The molecule has 0 radical (unpaired) electrons. The summed E-state index contributed by atoms with van der Waals surface area (Å²) in [5, 5.41) is 17.5. The van der Waals surface area contributed by atoms with Gasteiger partial charge in [-0.3, -0.25) is 4.79 Å². The molecule has 2 N–H and O–H groups in total. The van der Waals surface area contributed by atoms with Gasteiger partial charge in [-0.05, 0) is 13.8 Å². The van der Waals surface area contributed by atoms with Crippen molar-refractivity contribution < 1.29 is 19.5 Å². The number of carboxylic acid groups (broad SMARTS) is 1. The van der Waals surface area contributed by atoms with Crippen molar-refractivity contribution in [2.45, 2.75) is 32.3 Å². The van der Waals surface area contributed by atoms with E-state index < -0.39 is 11.6 Å². The number of carbonyl (C=O) groups is 2. The van der Waals surface area contributed by atoms with Crippen LogP contribution in [0, 0.1) is 0 Å². The van der Waals surface area contributed by atoms with Gasteiger partial charge >= 0.3 is 5.97 Å². The van der Waals surface area contributed by atoms with Crippen molar-refractivity contribution in [2.24, 2.45) is 5.16 Å². The number of hydrogen-bond donors (Lipinski definition) is 2. The summed E-state index contributed by atoms with van der Waals surface area (Å²) in [4.78, 5) is 31.8. The molecule has 1 amide bonds. The molecule has 1 aliphatic heterocycles. The van der Waals surface area contributed by atoms with Crippen LogP contribution in [0.2, 0.25) is 0 Å². The van der Waals surface area contributed by atoms with E-state index in [1.807, 2.05) is 6.92 Å². The Morgan fingerprint density at radius 1 is 1.60 bits per heavy atom. The largest absolute Gasteiger partial charge is 0.476 e. The number of aromatic nitrogens is 1. The van der Waals surface area contributed by atoms with Gasteiger partial charge in [-0.1, -0.05) is 5.16 Å². The summed E-state index contributed by atoms with van der Waals surface area (Å²) in [5.41, 5.74) is -0.126. The van der Waals surface area contributed by atoms with Gasteiger partial charge in [0.1, 0.15) is 0 Å². The molecule has 8 heteroatoms. The molecule has 1 atom stereocenters. The second-order valence-corrected chi connectivity index (χ2v) is 5.71. The van der Waals surface area contributed by atoms with E-state index in [2.05, 4.69) is 15.5 Å². The van der Waals surface area contributed by atoms with Gasteiger partial charge in [0.25, 0.3) is 5.91 Å². The number of oxime groups is 1. The molecular formula is C12H15N3O4S. The van der Waals surface area contributed by atoms with Gasteiger partial charge in [0.05, 0.1) is 10.7 Å². The molecule has 0 spiro atoms. The van der Waals surface area contributed by atoms with E-state index in [1.54, 1.807) is 6.92 Å². The average Bonchev–Trinajstić information content (AvgIpc) is 2.97. The number of nitrogens with zero attached hydrogens (tertiary/aromatic N) is 2. The molecule has 0 fully saturated rings. The van der Waals surface area contributed by atoms with Gasteiger partial charge in [0.15, 0.2) is 5.69 Å². The summed E-state index contributed by atoms with van der Waals surface area (Å²) in [6.07, 6.45) is 0.957. The lowest BCUT2D eigenvalue weighted by atomic mass is 9.99. The van der Waals surface area contributed by atoms with E-state index in [0.29, 0.717) is 24.4 Å². The van der Waals surface area contributed by atoms with Crippen LogP contribution in [0.1, 0.15) is 35.8 Å². The maximum Gasteiger partial charge on any atom is 0.355 e. The fourth-order valence-electron chi connectivity index (χ4n) is 1.85. The molecule has 0 saturated heterocycles. The van der Waals surface area contributed by atoms with Crippen molar-refractivity contribution in [2.75, 3.05) is 6.54 Å². The average molecular weight is 297 g/mol. The number of thiazole rings is 1. The van der Waals surface area contributed by atoms with Gasteiger partial charge in [-0.15, -0.1) is 11.3 Å². The van der Waals surface area contributed by atoms with Crippen molar-refractivity contribution in [1.29, 1.82) is 0 Å². The summed E-state index contributed by atoms with van der Waals surface area (Å²) in [6, 6.07) is 0. The molecule has 0 aromatic carbocycles. The molecule has 0 saturated carbocycles. The molecule has 1 aromatic heterocycles. The number of amides is 1. The van der Waals surface area contributed by atoms with Gasteiger partial charge < -0.3 is 15.3 Å². The molecule has 1 aliphatic rings. The molecular weight excluding hydrogens is 282 g/mol. The zero-order valence-corrected chi connectivity index (χ0v) is 12.0. The maximum absolute atomic E-state index is 12.0. The third kappa shape index (κ3) is 3.13. The summed E-state index contributed by atoms with van der Waals surface area (Å²) >= 11 is 1.26. The topological polar surface area (TPSA) is 101 Å². The fourth-order valence-corrected chi connectivity index (χ4v) is 2.62. The minimum atomic E-state index is -1.05. The Labute approximate surface area is 119 Å². The molecule has 2 heterocycles. The summed E-state index contributed by atoms with van der Waals surface area (Å²) in [5.74, 6) is -1.27. The van der Waals surface area contributed by atoms with E-state index in [1.165, 1.54) is 16.7 Å². The standard InChI is InChI=1S/C12H15N3O4S/c1-7-5-12(2,19-15-7)11(18)13-4-3-9-14-8(6-20-9)10(16)17/h6H,3-5H2,1-2H3,(H,13,18)(H,16,17)/t12-/m1/s1. The minimum Gasteiger partial charge on any atom is -0.476 e. The molecule has 0 aliphatic carbocycles. The van der Waals surface area contributed by atoms with Crippen molar-refractivity contribution >= 4 is 28.9 Å². The summed E-state index contributed by atoms with van der Waals surface area (Å²) in [6.45, 7) is 3.87. The number of rotatable bonds is 5. The lowest BCUT2D eigenvalue weighted by Gasteiger charge is -2.20. The highest BCUT2D eigenvalue weighted by atomic mass is 32.1. The lowest BCUT2D eigenvalue weighted by molar-refractivity contribution is -0.141. The summed E-state index contributed by atoms with van der Waals surface area (Å²) < 4.78 is 0. The Kier molecular flexibility index (Phi) is 4.03. The second-order valence-electron chi connectivity index (χ2n) is 4.76. The Bertz CT molecular complexity index is 569. The Morgan fingerprint density at radius 3 is 2.90 bits per heavy atom. The number of carbonyl (C=O) groups excluding carboxylic acids is 1. The monoisotopic (exact) mass is 297 g/mol. The summed E-state index contributed by atoms with van der Waals surface area (Å²) in [7, 11) is 0. The first kappa shape index (κ1) is 14.4. The molecule has 20 heavy (non-hydrogen) atoms. The van der Waals surface area contributed by atoms with Crippen molar-refractivity contribution in [3.05, 3.63) is 16.1 Å². The van der Waals surface area contributed by atoms with Crippen LogP contribution in [0.15, 0.2) is 10.5 Å². The smallest absolute Gasteiger partial charge is 0.355 e. The number of carboxylic acids is 1. The highest BCUT2D eigenvalue weighted by Crippen LogP contribution is 2.23. The van der Waals surface area contributed by atoms with Crippen molar-refractivity contribution in [3.8, 4) is 0 Å². The third-order valence-corrected chi connectivity index (χ3v) is 3.78. The van der Waals surface area contributed by atoms with Crippen LogP contribution < -0.4 is 5.32 Å². The van der Waals surface area contributed by atoms with Gasteiger partial charge in [0, 0.05) is 24.8 Å². The van der Waals surface area contributed by atoms with E-state index in [9.17, 15) is 9.59 Å². The highest BCUT2D eigenvalue weighted by Gasteiger charge is 2.40. The number of aromatic carboxylic acids is 1. The predicted octanol–water partition coefficient (Wildman–Crippen LogP) is 1.05. The molecule has 108 valence electrons. The number of hydrogen-bond acceptors (Lipinski definition) is 6. The molecule has 7 nitrogen and oxygen atoms in total. The normalized spacial score (nSPS) is 21.2. The molecule has 2 rings (SSSR count). The van der Waals surface area contributed by atoms with Crippen LogP contribution in [0.25, 0.3) is 0 Å². The Morgan fingerprint density at radius 2 is 2.35 bits per heavy atom. The Hall–Kier alpha value is -1.96. The molecule has 0 bridgehead atoms. The minimum absolute atomic E-state index is 0.0337. The first-order valence-electron chi connectivity index (χ1n) is 6.08. The van der Waals surface area contributed by atoms with Crippen LogP contribution in [-0.4, -0.2) is 39.8 Å². The van der Waals surface area contributed by atoms with Crippen LogP contribution in [0.3, 0.4) is 0 Å². The fraction of sp³-hybridized carbons (Fsp3) is 0.500. The van der Waals surface area contributed by atoms with E-state index >= 15 is 0 Å². The zero-order valence-electron chi connectivity index (χ0n) is 11.2. The first-order valence-corrected chi connectivity index (χ1v) is 6.96. The number of nitrogens with one attached hydrogen (secondary N) is 1. The van der Waals surface area contributed by atoms with E-state index in [4.69, 9.17) is 9.94 Å². The van der Waals surface area contributed by atoms with Crippen molar-refractivity contribution in [3.63, 3.8) is 0 Å². The SMILES string of the molecule is CC1=NO[C@@](C)(C(=O)NCCc2nc(C(=O)O)cs2)C1. The third-order valence-electron chi connectivity index (χ3n) is 2.87. The molecule has 1 aromatic rings. The van der Waals surface area contributed by atoms with Crippen LogP contribution in [0.4, 0.5) is 0 Å². The highest BCUT2D eigenvalue weighted by molar-refractivity contribution is 7.09. The zero-order chi connectivity index (χ0) is 14.8. The first-order chi connectivity index (χ1) is 9.40. The Balaban J connectivity index is 1.81. The van der Waals surface area contributed by atoms with Gasteiger partial charge in [0.2, 0.25) is 5.60 Å². The quantitative estimate of drug-likeness (QED) is 0.846. The van der Waals surface area contributed by atoms with Crippen LogP contribution in [-0.2, 0) is 16.1 Å².